The van der Waals surface area contributed by atoms with Crippen LogP contribution in [0.15, 0.2) is 18.2 Å². The van der Waals surface area contributed by atoms with Gasteiger partial charge in [-0.25, -0.2) is 0 Å². The van der Waals surface area contributed by atoms with E-state index in [0.717, 1.165) is 0 Å². The van der Waals surface area contributed by atoms with E-state index in [-0.39, 0.29) is 17.3 Å². The van der Waals surface area contributed by atoms with Crippen LogP contribution in [0, 0.1) is 16.0 Å². The van der Waals surface area contributed by atoms with Crippen LogP contribution < -0.4 is 4.90 Å². The number of carbonyl (C=O) groups is 1. The summed E-state index contributed by atoms with van der Waals surface area (Å²) in [7, 11) is 1.69. The number of anilines is 1. The number of nitrogens with zero attached hydrogens (tertiary/aromatic N) is 2. The number of hydrogen-bond acceptors (Lipinski definition) is 4. The van der Waals surface area contributed by atoms with Gasteiger partial charge in [0.1, 0.15) is 0 Å². The minimum Gasteiger partial charge on any atom is -0.481 e. The first-order valence-corrected chi connectivity index (χ1v) is 5.58. The summed E-state index contributed by atoms with van der Waals surface area (Å²) in [4.78, 5) is 22.4. The number of hydrogen-bond donors (Lipinski definition) is 1. The Labute approximate surface area is 109 Å². The fourth-order valence-corrected chi connectivity index (χ4v) is 1.83. The van der Waals surface area contributed by atoms with Gasteiger partial charge in [0.25, 0.3) is 5.69 Å². The lowest BCUT2D eigenvalue weighted by Gasteiger charge is -2.22. The number of non-ortho nitro benzene ring substituents is 1. The van der Waals surface area contributed by atoms with Crippen molar-refractivity contribution in [3.8, 4) is 0 Å². The van der Waals surface area contributed by atoms with Crippen molar-refractivity contribution in [3.05, 3.63) is 33.3 Å². The molecule has 1 unspecified atom stereocenters. The fraction of sp³-hybridized carbons (Fsp3) is 0.364. The summed E-state index contributed by atoms with van der Waals surface area (Å²) in [5.74, 6) is -1.46. The van der Waals surface area contributed by atoms with E-state index in [0.29, 0.717) is 5.69 Å². The molecule has 0 saturated carbocycles. The second-order valence-corrected chi connectivity index (χ2v) is 4.42. The Morgan fingerprint density at radius 2 is 2.22 bits per heavy atom. The predicted molar refractivity (Wildman–Crippen MR) is 68.2 cm³/mol. The van der Waals surface area contributed by atoms with Gasteiger partial charge >= 0.3 is 5.97 Å². The molecule has 0 heterocycles. The molecule has 7 heteroatoms. The lowest BCUT2D eigenvalue weighted by atomic mass is 10.1. The van der Waals surface area contributed by atoms with Crippen molar-refractivity contribution in [1.82, 2.24) is 0 Å². The van der Waals surface area contributed by atoms with Crippen LogP contribution in [-0.4, -0.2) is 29.6 Å². The van der Waals surface area contributed by atoms with Crippen molar-refractivity contribution in [2.45, 2.75) is 6.92 Å². The van der Waals surface area contributed by atoms with Gasteiger partial charge in [-0.3, -0.25) is 14.9 Å². The first-order chi connectivity index (χ1) is 8.32. The van der Waals surface area contributed by atoms with Crippen molar-refractivity contribution in [1.29, 1.82) is 0 Å². The number of carboxylic acid groups (broad SMARTS) is 1. The normalized spacial score (nSPS) is 11.9. The third kappa shape index (κ3) is 3.33. The zero-order valence-electron chi connectivity index (χ0n) is 9.96. The van der Waals surface area contributed by atoms with E-state index in [2.05, 4.69) is 0 Å². The summed E-state index contributed by atoms with van der Waals surface area (Å²) in [6.45, 7) is 1.85. The summed E-state index contributed by atoms with van der Waals surface area (Å²) in [5, 5.41) is 19.6. The predicted octanol–water partition coefficient (Wildman–Crippen LogP) is 2.41. The average Bonchev–Trinajstić information content (AvgIpc) is 2.28. The Bertz CT molecular complexity index is 478. The summed E-state index contributed by atoms with van der Waals surface area (Å²) in [5.41, 5.74) is 0.471. The highest BCUT2D eigenvalue weighted by molar-refractivity contribution is 6.33. The second kappa shape index (κ2) is 5.68. The molecule has 0 amide bonds. The summed E-state index contributed by atoms with van der Waals surface area (Å²) in [6, 6.07) is 4.09. The molecule has 0 spiro atoms. The van der Waals surface area contributed by atoms with E-state index >= 15 is 0 Å². The van der Waals surface area contributed by atoms with E-state index in [1.807, 2.05) is 0 Å². The molecule has 0 aliphatic heterocycles. The highest BCUT2D eigenvalue weighted by Gasteiger charge is 2.17. The molecule has 1 aromatic rings. The smallest absolute Gasteiger partial charge is 0.308 e. The average molecular weight is 273 g/mol. The molecule has 1 atom stereocenters. The van der Waals surface area contributed by atoms with Crippen LogP contribution in [0.5, 0.6) is 0 Å². The van der Waals surface area contributed by atoms with Gasteiger partial charge in [-0.1, -0.05) is 18.5 Å². The van der Waals surface area contributed by atoms with Gasteiger partial charge < -0.3 is 10.0 Å². The molecule has 0 aliphatic rings. The number of carboxylic acids is 1. The summed E-state index contributed by atoms with van der Waals surface area (Å²) >= 11 is 5.94. The van der Waals surface area contributed by atoms with Gasteiger partial charge in [-0.2, -0.15) is 0 Å². The number of nitro benzene ring substituents is 1. The van der Waals surface area contributed by atoms with Crippen molar-refractivity contribution in [2.24, 2.45) is 5.92 Å². The van der Waals surface area contributed by atoms with Gasteiger partial charge in [0.2, 0.25) is 0 Å². The van der Waals surface area contributed by atoms with Crippen LogP contribution >= 0.6 is 11.6 Å². The maximum atomic E-state index is 10.7. The summed E-state index contributed by atoms with van der Waals surface area (Å²) < 4.78 is 0. The minimum atomic E-state index is -0.903. The molecule has 0 saturated heterocycles. The van der Waals surface area contributed by atoms with Crippen LogP contribution in [0.25, 0.3) is 0 Å². The molecule has 1 N–H and O–H groups in total. The van der Waals surface area contributed by atoms with E-state index in [4.69, 9.17) is 16.7 Å². The van der Waals surface area contributed by atoms with Crippen LogP contribution in [0.3, 0.4) is 0 Å². The van der Waals surface area contributed by atoms with Crippen molar-refractivity contribution < 1.29 is 14.8 Å². The Hall–Kier alpha value is -1.82. The number of benzene rings is 1. The molecular weight excluding hydrogens is 260 g/mol. The molecular formula is C11H13ClN2O4. The van der Waals surface area contributed by atoms with E-state index in [9.17, 15) is 14.9 Å². The molecule has 98 valence electrons. The topological polar surface area (TPSA) is 83.7 Å². The highest BCUT2D eigenvalue weighted by Crippen LogP contribution is 2.29. The lowest BCUT2D eigenvalue weighted by molar-refractivity contribution is -0.384. The van der Waals surface area contributed by atoms with Crippen LogP contribution in [-0.2, 0) is 4.79 Å². The first-order valence-electron chi connectivity index (χ1n) is 5.20. The van der Waals surface area contributed by atoms with Gasteiger partial charge in [-0.15, -0.1) is 0 Å². The van der Waals surface area contributed by atoms with E-state index in [1.165, 1.54) is 18.2 Å². The fourth-order valence-electron chi connectivity index (χ4n) is 1.51. The Morgan fingerprint density at radius 1 is 1.61 bits per heavy atom. The molecule has 1 rings (SSSR count). The van der Waals surface area contributed by atoms with E-state index in [1.54, 1.807) is 18.9 Å². The van der Waals surface area contributed by atoms with Crippen molar-refractivity contribution in [2.75, 3.05) is 18.5 Å². The molecule has 0 radical (unpaired) electrons. The monoisotopic (exact) mass is 272 g/mol. The number of nitro groups is 1. The SMILES string of the molecule is CC(CN(C)c1ccc([N+](=O)[O-])cc1Cl)C(=O)O. The second-order valence-electron chi connectivity index (χ2n) is 4.01. The minimum absolute atomic E-state index is 0.0940. The molecule has 0 bridgehead atoms. The van der Waals surface area contributed by atoms with Gasteiger partial charge in [-0.05, 0) is 6.07 Å². The zero-order valence-corrected chi connectivity index (χ0v) is 10.7. The molecule has 6 nitrogen and oxygen atoms in total. The number of aliphatic carboxylic acids is 1. The third-order valence-corrected chi connectivity index (χ3v) is 2.83. The molecule has 18 heavy (non-hydrogen) atoms. The lowest BCUT2D eigenvalue weighted by Crippen LogP contribution is -2.28. The molecule has 0 aromatic heterocycles. The molecule has 0 fully saturated rings. The standard InChI is InChI=1S/C11H13ClN2O4/c1-7(11(15)16)6-13(2)10-4-3-8(14(17)18)5-9(10)12/h3-5,7H,6H2,1-2H3,(H,15,16). The third-order valence-electron chi connectivity index (χ3n) is 2.52. The maximum absolute atomic E-state index is 10.7. The summed E-state index contributed by atoms with van der Waals surface area (Å²) in [6.07, 6.45) is 0. The van der Waals surface area contributed by atoms with Gasteiger partial charge in [0, 0.05) is 25.7 Å². The number of rotatable bonds is 5. The van der Waals surface area contributed by atoms with Crippen molar-refractivity contribution >= 4 is 28.9 Å². The molecule has 1 aromatic carbocycles. The Kier molecular flexibility index (Phi) is 4.49. The zero-order chi connectivity index (χ0) is 13.9. The highest BCUT2D eigenvalue weighted by atomic mass is 35.5. The maximum Gasteiger partial charge on any atom is 0.308 e. The molecule has 0 aliphatic carbocycles. The van der Waals surface area contributed by atoms with Gasteiger partial charge in [0.15, 0.2) is 0 Å². The largest absolute Gasteiger partial charge is 0.481 e. The van der Waals surface area contributed by atoms with Crippen LogP contribution in [0.1, 0.15) is 6.92 Å². The van der Waals surface area contributed by atoms with Crippen LogP contribution in [0.2, 0.25) is 5.02 Å². The Morgan fingerprint density at radius 3 is 2.67 bits per heavy atom. The first kappa shape index (κ1) is 14.2. The number of halogens is 1. The van der Waals surface area contributed by atoms with Gasteiger partial charge in [0.05, 0.1) is 21.6 Å². The van der Waals surface area contributed by atoms with E-state index < -0.39 is 16.8 Å². The van der Waals surface area contributed by atoms with Crippen molar-refractivity contribution in [3.63, 3.8) is 0 Å². The van der Waals surface area contributed by atoms with Crippen LogP contribution in [0.4, 0.5) is 11.4 Å². The Balaban J connectivity index is 2.90. The quantitative estimate of drug-likeness (QED) is 0.657.